The molecular formula is C21H21BrN2O2. The van der Waals surface area contributed by atoms with Gasteiger partial charge in [0.05, 0.1) is 0 Å². The summed E-state index contributed by atoms with van der Waals surface area (Å²) in [6, 6.07) is 19.1. The van der Waals surface area contributed by atoms with E-state index in [0.717, 1.165) is 34.5 Å². The maximum atomic E-state index is 12.4. The zero-order valence-electron chi connectivity index (χ0n) is 14.8. The Hall–Kier alpha value is -2.53. The number of benzene rings is 2. The molecule has 3 rings (SSSR count). The number of hydrogen-bond donors (Lipinski definition) is 1. The largest absolute Gasteiger partial charge is 0.451 e. The predicted molar refractivity (Wildman–Crippen MR) is 110 cm³/mol. The molecule has 1 amide bonds. The second-order valence-corrected chi connectivity index (χ2v) is 6.76. The first-order valence-corrected chi connectivity index (χ1v) is 9.42. The van der Waals surface area contributed by atoms with Crippen molar-refractivity contribution in [3.63, 3.8) is 0 Å². The number of amides is 1. The van der Waals surface area contributed by atoms with Crippen LogP contribution in [0.15, 0.2) is 69.6 Å². The molecule has 0 aliphatic rings. The second-order valence-electron chi connectivity index (χ2n) is 5.84. The molecule has 1 N–H and O–H groups in total. The number of halogens is 1. The van der Waals surface area contributed by atoms with E-state index in [4.69, 9.17) is 4.42 Å². The lowest BCUT2D eigenvalue weighted by molar-refractivity contribution is 0.0997. The Morgan fingerprint density at radius 2 is 1.62 bits per heavy atom. The average molecular weight is 413 g/mol. The van der Waals surface area contributed by atoms with Gasteiger partial charge in [-0.3, -0.25) is 4.79 Å². The summed E-state index contributed by atoms with van der Waals surface area (Å²) in [5.41, 5.74) is 2.81. The highest BCUT2D eigenvalue weighted by Crippen LogP contribution is 2.25. The molecule has 134 valence electrons. The molecule has 2 aromatic carbocycles. The van der Waals surface area contributed by atoms with Crippen molar-refractivity contribution >= 4 is 33.2 Å². The van der Waals surface area contributed by atoms with Gasteiger partial charge in [0.15, 0.2) is 5.76 Å². The number of nitrogens with zero attached hydrogens (tertiary/aromatic N) is 1. The first-order chi connectivity index (χ1) is 12.6. The fourth-order valence-corrected chi connectivity index (χ4v) is 3.03. The fraction of sp³-hybridized carbons (Fsp3) is 0.190. The Bertz CT molecular complexity index is 866. The van der Waals surface area contributed by atoms with Gasteiger partial charge >= 0.3 is 0 Å². The minimum Gasteiger partial charge on any atom is -0.451 e. The van der Waals surface area contributed by atoms with E-state index in [0.29, 0.717) is 5.76 Å². The van der Waals surface area contributed by atoms with Gasteiger partial charge in [-0.05, 0) is 62.4 Å². The van der Waals surface area contributed by atoms with Crippen LogP contribution in [0.25, 0.3) is 11.3 Å². The minimum absolute atomic E-state index is 0.260. The molecule has 0 fully saturated rings. The normalized spacial score (nSPS) is 10.6. The van der Waals surface area contributed by atoms with Crippen LogP contribution in [0.1, 0.15) is 24.4 Å². The van der Waals surface area contributed by atoms with Crippen LogP contribution in [0, 0.1) is 0 Å². The van der Waals surface area contributed by atoms with Crippen LogP contribution < -0.4 is 10.2 Å². The molecule has 5 heteroatoms. The van der Waals surface area contributed by atoms with Crippen molar-refractivity contribution in [2.75, 3.05) is 23.3 Å². The Labute approximate surface area is 162 Å². The van der Waals surface area contributed by atoms with Gasteiger partial charge in [-0.1, -0.05) is 28.1 Å². The monoisotopic (exact) mass is 412 g/mol. The Morgan fingerprint density at radius 1 is 0.962 bits per heavy atom. The second kappa shape index (κ2) is 8.23. The number of carbonyl (C=O) groups excluding carboxylic acids is 1. The van der Waals surface area contributed by atoms with Crippen LogP contribution >= 0.6 is 15.9 Å². The van der Waals surface area contributed by atoms with Crippen molar-refractivity contribution in [1.29, 1.82) is 0 Å². The van der Waals surface area contributed by atoms with Gasteiger partial charge in [-0.25, -0.2) is 0 Å². The number of furan rings is 1. The summed E-state index contributed by atoms with van der Waals surface area (Å²) in [5.74, 6) is 0.694. The maximum absolute atomic E-state index is 12.4. The van der Waals surface area contributed by atoms with Crippen molar-refractivity contribution in [1.82, 2.24) is 0 Å². The molecule has 1 heterocycles. The van der Waals surface area contributed by atoms with E-state index in [9.17, 15) is 4.79 Å². The van der Waals surface area contributed by atoms with Crippen molar-refractivity contribution in [3.05, 3.63) is 70.9 Å². The van der Waals surface area contributed by atoms with Crippen molar-refractivity contribution < 1.29 is 9.21 Å². The molecule has 0 saturated carbocycles. The minimum atomic E-state index is -0.260. The van der Waals surface area contributed by atoms with E-state index in [2.05, 4.69) is 40.0 Å². The number of nitrogens with one attached hydrogen (secondary N) is 1. The highest BCUT2D eigenvalue weighted by molar-refractivity contribution is 9.10. The molecule has 0 atom stereocenters. The lowest BCUT2D eigenvalue weighted by atomic mass is 10.2. The van der Waals surface area contributed by atoms with Crippen LogP contribution in [-0.2, 0) is 0 Å². The molecular weight excluding hydrogens is 392 g/mol. The maximum Gasteiger partial charge on any atom is 0.291 e. The van der Waals surface area contributed by atoms with E-state index in [1.165, 1.54) is 0 Å². The van der Waals surface area contributed by atoms with E-state index in [-0.39, 0.29) is 11.7 Å². The summed E-state index contributed by atoms with van der Waals surface area (Å²) >= 11 is 3.41. The number of anilines is 2. The summed E-state index contributed by atoms with van der Waals surface area (Å²) in [6.45, 7) is 6.15. The SMILES string of the molecule is CCN(CC)c1ccc(NC(=O)c2ccc(-c3ccc(Br)cc3)o2)cc1. The summed E-state index contributed by atoms with van der Waals surface area (Å²) < 4.78 is 6.70. The third-order valence-electron chi connectivity index (χ3n) is 4.21. The summed E-state index contributed by atoms with van der Waals surface area (Å²) in [6.07, 6.45) is 0. The first kappa shape index (κ1) is 18.3. The third-order valence-corrected chi connectivity index (χ3v) is 4.74. The van der Waals surface area contributed by atoms with E-state index >= 15 is 0 Å². The highest BCUT2D eigenvalue weighted by atomic mass is 79.9. The van der Waals surface area contributed by atoms with E-state index < -0.39 is 0 Å². The summed E-state index contributed by atoms with van der Waals surface area (Å²) in [7, 11) is 0. The number of carbonyl (C=O) groups is 1. The number of hydrogen-bond acceptors (Lipinski definition) is 3. The zero-order chi connectivity index (χ0) is 18.5. The smallest absolute Gasteiger partial charge is 0.291 e. The van der Waals surface area contributed by atoms with Crippen LogP contribution in [0.5, 0.6) is 0 Å². The molecule has 26 heavy (non-hydrogen) atoms. The van der Waals surface area contributed by atoms with Gasteiger partial charge in [0.1, 0.15) is 5.76 Å². The third kappa shape index (κ3) is 4.17. The molecule has 4 nitrogen and oxygen atoms in total. The molecule has 0 spiro atoms. The Kier molecular flexibility index (Phi) is 5.78. The Morgan fingerprint density at radius 3 is 2.23 bits per heavy atom. The molecule has 1 aromatic heterocycles. The summed E-state index contributed by atoms with van der Waals surface area (Å²) in [5, 5.41) is 2.88. The molecule has 0 bridgehead atoms. The van der Waals surface area contributed by atoms with Crippen LogP contribution in [0.4, 0.5) is 11.4 Å². The standard InChI is InChI=1S/C21H21BrN2O2/c1-3-24(4-2)18-11-9-17(10-12-18)23-21(25)20-14-13-19(26-20)15-5-7-16(22)8-6-15/h5-14H,3-4H2,1-2H3,(H,23,25). The van der Waals surface area contributed by atoms with Gasteiger partial charge in [0.25, 0.3) is 5.91 Å². The molecule has 0 unspecified atom stereocenters. The molecule has 0 aliphatic heterocycles. The molecule has 0 radical (unpaired) electrons. The zero-order valence-corrected chi connectivity index (χ0v) is 16.4. The lowest BCUT2D eigenvalue weighted by Gasteiger charge is -2.21. The van der Waals surface area contributed by atoms with Crippen molar-refractivity contribution in [2.24, 2.45) is 0 Å². The molecule has 0 saturated heterocycles. The number of rotatable bonds is 6. The topological polar surface area (TPSA) is 45.5 Å². The quantitative estimate of drug-likeness (QED) is 0.555. The summed E-state index contributed by atoms with van der Waals surface area (Å²) in [4.78, 5) is 14.7. The van der Waals surface area contributed by atoms with Gasteiger partial charge in [-0.2, -0.15) is 0 Å². The van der Waals surface area contributed by atoms with Gasteiger partial charge < -0.3 is 14.6 Å². The predicted octanol–water partition coefficient (Wildman–Crippen LogP) is 5.81. The van der Waals surface area contributed by atoms with Crippen LogP contribution in [-0.4, -0.2) is 19.0 Å². The average Bonchev–Trinajstić information content (AvgIpc) is 3.15. The van der Waals surface area contributed by atoms with Gasteiger partial charge in [0, 0.05) is 34.5 Å². The molecule has 0 aliphatic carbocycles. The van der Waals surface area contributed by atoms with Crippen molar-refractivity contribution in [2.45, 2.75) is 13.8 Å². The Balaban J connectivity index is 1.69. The molecule has 3 aromatic rings. The van der Waals surface area contributed by atoms with Gasteiger partial charge in [0.2, 0.25) is 0 Å². The fourth-order valence-electron chi connectivity index (χ4n) is 2.77. The highest BCUT2D eigenvalue weighted by Gasteiger charge is 2.13. The lowest BCUT2D eigenvalue weighted by Crippen LogP contribution is -2.21. The van der Waals surface area contributed by atoms with Gasteiger partial charge in [-0.15, -0.1) is 0 Å². The van der Waals surface area contributed by atoms with E-state index in [1.807, 2.05) is 54.6 Å². The first-order valence-electron chi connectivity index (χ1n) is 8.63. The van der Waals surface area contributed by atoms with Crippen LogP contribution in [0.2, 0.25) is 0 Å². The van der Waals surface area contributed by atoms with E-state index in [1.54, 1.807) is 6.07 Å². The van der Waals surface area contributed by atoms with Crippen molar-refractivity contribution in [3.8, 4) is 11.3 Å². The van der Waals surface area contributed by atoms with Crippen LogP contribution in [0.3, 0.4) is 0 Å².